The standard InChI is InChI=1S/C15H24N2O2S/c1-12-16-13(9-20-12)8-17-6-4-15(5-7-17)18-10-14(2,3)11-19-15/h9H,4-8,10-11H2,1-3H3. The first kappa shape index (κ1) is 14.4. The zero-order valence-corrected chi connectivity index (χ0v) is 13.5. The van der Waals surface area contributed by atoms with E-state index in [1.807, 2.05) is 0 Å². The van der Waals surface area contributed by atoms with Gasteiger partial charge < -0.3 is 9.47 Å². The number of rotatable bonds is 2. The zero-order chi connectivity index (χ0) is 14.2. The van der Waals surface area contributed by atoms with Gasteiger partial charge in [-0.2, -0.15) is 0 Å². The van der Waals surface area contributed by atoms with Crippen molar-refractivity contribution in [1.29, 1.82) is 0 Å². The van der Waals surface area contributed by atoms with Gasteiger partial charge in [-0.25, -0.2) is 4.98 Å². The second-order valence-corrected chi connectivity index (χ2v) is 7.85. The van der Waals surface area contributed by atoms with Crippen LogP contribution in [-0.2, 0) is 16.0 Å². The van der Waals surface area contributed by atoms with Crippen LogP contribution >= 0.6 is 11.3 Å². The number of piperidine rings is 1. The van der Waals surface area contributed by atoms with Crippen LogP contribution in [-0.4, -0.2) is 42.0 Å². The van der Waals surface area contributed by atoms with Crippen molar-refractivity contribution in [3.8, 4) is 0 Å². The van der Waals surface area contributed by atoms with E-state index in [-0.39, 0.29) is 11.2 Å². The minimum Gasteiger partial charge on any atom is -0.349 e. The molecular weight excluding hydrogens is 272 g/mol. The second-order valence-electron chi connectivity index (χ2n) is 6.79. The molecule has 0 bridgehead atoms. The molecule has 5 heteroatoms. The maximum absolute atomic E-state index is 6.06. The summed E-state index contributed by atoms with van der Waals surface area (Å²) in [5.41, 5.74) is 1.34. The average Bonchev–Trinajstić information content (AvgIpc) is 2.82. The molecule has 0 aromatic carbocycles. The molecule has 3 heterocycles. The third kappa shape index (κ3) is 3.22. The topological polar surface area (TPSA) is 34.6 Å². The average molecular weight is 296 g/mol. The first-order valence-electron chi connectivity index (χ1n) is 7.38. The van der Waals surface area contributed by atoms with Crippen LogP contribution in [0.2, 0.25) is 0 Å². The van der Waals surface area contributed by atoms with Crippen LogP contribution in [0.3, 0.4) is 0 Å². The summed E-state index contributed by atoms with van der Waals surface area (Å²) in [6.45, 7) is 11.1. The zero-order valence-electron chi connectivity index (χ0n) is 12.6. The van der Waals surface area contributed by atoms with E-state index in [2.05, 4.69) is 36.0 Å². The Morgan fingerprint density at radius 3 is 2.45 bits per heavy atom. The first-order chi connectivity index (χ1) is 9.46. The predicted octanol–water partition coefficient (Wildman–Crippen LogP) is 2.82. The third-order valence-electron chi connectivity index (χ3n) is 4.12. The molecule has 20 heavy (non-hydrogen) atoms. The molecule has 0 radical (unpaired) electrons. The molecule has 2 aliphatic heterocycles. The van der Waals surface area contributed by atoms with Crippen LogP contribution in [0.4, 0.5) is 0 Å². The highest BCUT2D eigenvalue weighted by Crippen LogP contribution is 2.36. The summed E-state index contributed by atoms with van der Waals surface area (Å²) < 4.78 is 12.1. The van der Waals surface area contributed by atoms with Crippen LogP contribution in [0.1, 0.15) is 37.4 Å². The van der Waals surface area contributed by atoms with E-state index in [0.717, 1.165) is 50.7 Å². The molecule has 3 rings (SSSR count). The van der Waals surface area contributed by atoms with Gasteiger partial charge in [0.15, 0.2) is 5.79 Å². The highest BCUT2D eigenvalue weighted by atomic mass is 32.1. The summed E-state index contributed by atoms with van der Waals surface area (Å²) in [5, 5.41) is 3.31. The fourth-order valence-corrected chi connectivity index (χ4v) is 3.39. The molecular formula is C15H24N2O2S. The molecule has 1 spiro atoms. The van der Waals surface area contributed by atoms with Gasteiger partial charge in [0, 0.05) is 43.3 Å². The van der Waals surface area contributed by atoms with Gasteiger partial charge in [0.25, 0.3) is 0 Å². The SMILES string of the molecule is Cc1nc(CN2CCC3(CC2)OCC(C)(C)CO3)cs1. The van der Waals surface area contributed by atoms with Gasteiger partial charge >= 0.3 is 0 Å². The number of likely N-dealkylation sites (tertiary alicyclic amines) is 1. The Morgan fingerprint density at radius 2 is 1.90 bits per heavy atom. The number of thiazole rings is 1. The van der Waals surface area contributed by atoms with Crippen molar-refractivity contribution in [2.24, 2.45) is 5.41 Å². The molecule has 2 fully saturated rings. The summed E-state index contributed by atoms with van der Waals surface area (Å²) in [7, 11) is 0. The van der Waals surface area contributed by atoms with Crippen molar-refractivity contribution in [2.45, 2.75) is 45.9 Å². The van der Waals surface area contributed by atoms with Gasteiger partial charge in [-0.05, 0) is 6.92 Å². The highest BCUT2D eigenvalue weighted by molar-refractivity contribution is 7.09. The lowest BCUT2D eigenvalue weighted by atomic mass is 9.92. The van der Waals surface area contributed by atoms with Gasteiger partial charge in [0.05, 0.1) is 23.9 Å². The molecule has 112 valence electrons. The molecule has 1 aromatic heterocycles. The van der Waals surface area contributed by atoms with E-state index >= 15 is 0 Å². The van der Waals surface area contributed by atoms with Gasteiger partial charge in [-0.1, -0.05) is 13.8 Å². The Bertz CT molecular complexity index is 452. The van der Waals surface area contributed by atoms with Crippen LogP contribution in [0.25, 0.3) is 0 Å². The normalized spacial score (nSPS) is 25.9. The maximum atomic E-state index is 6.06. The Labute approximate surface area is 125 Å². The van der Waals surface area contributed by atoms with Crippen molar-refractivity contribution in [3.05, 3.63) is 16.1 Å². The van der Waals surface area contributed by atoms with Crippen molar-refractivity contribution in [1.82, 2.24) is 9.88 Å². The molecule has 0 aliphatic carbocycles. The number of nitrogens with zero attached hydrogens (tertiary/aromatic N) is 2. The minimum absolute atomic E-state index is 0.153. The van der Waals surface area contributed by atoms with Gasteiger partial charge in [-0.15, -0.1) is 11.3 Å². The lowest BCUT2D eigenvalue weighted by Gasteiger charge is -2.47. The maximum Gasteiger partial charge on any atom is 0.170 e. The monoisotopic (exact) mass is 296 g/mol. The summed E-state index contributed by atoms with van der Waals surface area (Å²) in [6.07, 6.45) is 1.93. The molecule has 0 amide bonds. The van der Waals surface area contributed by atoms with E-state index in [1.165, 1.54) is 5.69 Å². The van der Waals surface area contributed by atoms with Crippen molar-refractivity contribution >= 4 is 11.3 Å². The second kappa shape index (κ2) is 5.37. The molecule has 2 saturated heterocycles. The summed E-state index contributed by atoms with van der Waals surface area (Å²) in [6, 6.07) is 0. The van der Waals surface area contributed by atoms with Crippen LogP contribution in [0, 0.1) is 12.3 Å². The Hall–Kier alpha value is -0.490. The number of aromatic nitrogens is 1. The van der Waals surface area contributed by atoms with E-state index in [1.54, 1.807) is 11.3 Å². The first-order valence-corrected chi connectivity index (χ1v) is 8.26. The molecule has 4 nitrogen and oxygen atoms in total. The molecule has 1 aromatic rings. The highest BCUT2D eigenvalue weighted by Gasteiger charge is 2.42. The number of ether oxygens (including phenoxy) is 2. The van der Waals surface area contributed by atoms with Crippen molar-refractivity contribution in [2.75, 3.05) is 26.3 Å². The van der Waals surface area contributed by atoms with Crippen molar-refractivity contribution < 1.29 is 9.47 Å². The number of aryl methyl sites for hydroxylation is 1. The molecule has 0 atom stereocenters. The van der Waals surface area contributed by atoms with E-state index < -0.39 is 0 Å². The van der Waals surface area contributed by atoms with E-state index in [9.17, 15) is 0 Å². The fourth-order valence-electron chi connectivity index (χ4n) is 2.79. The number of hydrogen-bond donors (Lipinski definition) is 0. The summed E-state index contributed by atoms with van der Waals surface area (Å²) >= 11 is 1.73. The molecule has 2 aliphatic rings. The van der Waals surface area contributed by atoms with E-state index in [4.69, 9.17) is 9.47 Å². The van der Waals surface area contributed by atoms with Crippen molar-refractivity contribution in [3.63, 3.8) is 0 Å². The largest absolute Gasteiger partial charge is 0.349 e. The molecule has 0 N–H and O–H groups in total. The summed E-state index contributed by atoms with van der Waals surface area (Å²) in [4.78, 5) is 6.99. The lowest BCUT2D eigenvalue weighted by Crippen LogP contribution is -2.53. The van der Waals surface area contributed by atoms with Crippen LogP contribution < -0.4 is 0 Å². The Kier molecular flexibility index (Phi) is 3.88. The lowest BCUT2D eigenvalue weighted by molar-refractivity contribution is -0.313. The molecule has 0 unspecified atom stereocenters. The van der Waals surface area contributed by atoms with Crippen LogP contribution in [0.5, 0.6) is 0 Å². The number of hydrogen-bond acceptors (Lipinski definition) is 5. The predicted molar refractivity (Wildman–Crippen MR) is 79.8 cm³/mol. The Morgan fingerprint density at radius 1 is 1.25 bits per heavy atom. The minimum atomic E-state index is -0.315. The quantitative estimate of drug-likeness (QED) is 0.840. The molecule has 0 saturated carbocycles. The van der Waals surface area contributed by atoms with Crippen LogP contribution in [0.15, 0.2) is 5.38 Å². The fraction of sp³-hybridized carbons (Fsp3) is 0.800. The third-order valence-corrected chi connectivity index (χ3v) is 4.94. The van der Waals surface area contributed by atoms with Gasteiger partial charge in [0.2, 0.25) is 0 Å². The smallest absolute Gasteiger partial charge is 0.170 e. The van der Waals surface area contributed by atoms with Gasteiger partial charge in [0.1, 0.15) is 0 Å². The van der Waals surface area contributed by atoms with Gasteiger partial charge in [-0.3, -0.25) is 4.90 Å². The Balaban J connectivity index is 1.52. The van der Waals surface area contributed by atoms with E-state index in [0.29, 0.717) is 0 Å². The summed E-state index contributed by atoms with van der Waals surface area (Å²) in [5.74, 6) is -0.315.